The van der Waals surface area contributed by atoms with Crippen LogP contribution in [0.25, 0.3) is 0 Å². The van der Waals surface area contributed by atoms with Gasteiger partial charge in [0.05, 0.1) is 0 Å². The van der Waals surface area contributed by atoms with E-state index in [1.165, 1.54) is 0 Å². The Balaban J connectivity index is 3.21. The molecular weight excluding hydrogens is 220 g/mol. The molecule has 1 unspecified atom stereocenters. The van der Waals surface area contributed by atoms with Crippen molar-refractivity contribution in [2.45, 2.75) is 50.8 Å². The third-order valence-corrected chi connectivity index (χ3v) is 3.64. The van der Waals surface area contributed by atoms with Gasteiger partial charge in [-0.15, -0.1) is 0 Å². The second kappa shape index (κ2) is 5.11. The molecule has 0 aliphatic heterocycles. The Kier molecular flexibility index (Phi) is 4.28. The number of hydrogen-bond acceptors (Lipinski definition) is 2. The van der Waals surface area contributed by atoms with Crippen LogP contribution in [0, 0.1) is 6.92 Å². The van der Waals surface area contributed by atoms with Crippen LogP contribution < -0.4 is 0 Å². The van der Waals surface area contributed by atoms with E-state index in [9.17, 15) is 8.76 Å². The van der Waals surface area contributed by atoms with Gasteiger partial charge < -0.3 is 4.55 Å². The summed E-state index contributed by atoms with van der Waals surface area (Å²) >= 11 is -2.14. The van der Waals surface area contributed by atoms with Gasteiger partial charge in [0.2, 0.25) is 0 Å². The first-order valence-corrected chi connectivity index (χ1v) is 6.66. The standard InChI is InChI=1S/C13H20O2S/c1-5-8-13(3,4)12-9-11(16(14)15)7-6-10(12)2/h6-7,9H,5,8H2,1-4H3,(H,14,15)/p-1. The van der Waals surface area contributed by atoms with Gasteiger partial charge in [-0.1, -0.05) is 33.3 Å². The van der Waals surface area contributed by atoms with E-state index in [0.717, 1.165) is 24.0 Å². The molecule has 0 aliphatic carbocycles. The maximum absolute atomic E-state index is 10.9. The van der Waals surface area contributed by atoms with E-state index >= 15 is 0 Å². The SMILES string of the molecule is CCCC(C)(C)c1cc(S(=O)[O-])ccc1C. The lowest BCUT2D eigenvalue weighted by Gasteiger charge is -2.27. The van der Waals surface area contributed by atoms with Gasteiger partial charge in [0.15, 0.2) is 0 Å². The predicted octanol–water partition coefficient (Wildman–Crippen LogP) is 3.31. The molecule has 1 aromatic rings. The van der Waals surface area contributed by atoms with Crippen LogP contribution in [0.3, 0.4) is 0 Å². The van der Waals surface area contributed by atoms with Crippen LogP contribution in [0.2, 0.25) is 0 Å². The second-order valence-electron chi connectivity index (χ2n) is 4.85. The van der Waals surface area contributed by atoms with Crippen molar-refractivity contribution >= 4 is 11.1 Å². The van der Waals surface area contributed by atoms with Crippen molar-refractivity contribution in [3.05, 3.63) is 29.3 Å². The van der Waals surface area contributed by atoms with Crippen LogP contribution in [0.1, 0.15) is 44.7 Å². The van der Waals surface area contributed by atoms with E-state index in [-0.39, 0.29) is 5.41 Å². The van der Waals surface area contributed by atoms with Gasteiger partial charge in [-0.05, 0) is 53.1 Å². The molecule has 1 atom stereocenters. The van der Waals surface area contributed by atoms with Gasteiger partial charge in [-0.25, -0.2) is 0 Å². The van der Waals surface area contributed by atoms with E-state index in [1.54, 1.807) is 12.1 Å². The summed E-state index contributed by atoms with van der Waals surface area (Å²) in [5.41, 5.74) is 2.33. The summed E-state index contributed by atoms with van der Waals surface area (Å²) < 4.78 is 21.9. The van der Waals surface area contributed by atoms with Crippen LogP contribution in [-0.2, 0) is 16.5 Å². The van der Waals surface area contributed by atoms with Crippen LogP contribution in [0.5, 0.6) is 0 Å². The summed E-state index contributed by atoms with van der Waals surface area (Å²) in [7, 11) is 0. The summed E-state index contributed by atoms with van der Waals surface area (Å²) in [5.74, 6) is 0. The van der Waals surface area contributed by atoms with Gasteiger partial charge in [0.25, 0.3) is 0 Å². The van der Waals surface area contributed by atoms with Crippen LogP contribution >= 0.6 is 0 Å². The lowest BCUT2D eigenvalue weighted by Crippen LogP contribution is -2.18. The van der Waals surface area contributed by atoms with E-state index in [4.69, 9.17) is 0 Å². The Morgan fingerprint density at radius 3 is 2.50 bits per heavy atom. The Morgan fingerprint density at radius 2 is 2.00 bits per heavy atom. The highest BCUT2D eigenvalue weighted by Crippen LogP contribution is 2.31. The fourth-order valence-corrected chi connectivity index (χ4v) is 2.59. The van der Waals surface area contributed by atoms with E-state index in [2.05, 4.69) is 20.8 Å². The van der Waals surface area contributed by atoms with E-state index in [0.29, 0.717) is 4.90 Å². The fourth-order valence-electron chi connectivity index (χ4n) is 2.19. The first-order valence-electron chi connectivity index (χ1n) is 5.59. The molecule has 0 saturated heterocycles. The topological polar surface area (TPSA) is 40.1 Å². The smallest absolute Gasteiger partial charge is 0.0251 e. The van der Waals surface area contributed by atoms with Crippen molar-refractivity contribution < 1.29 is 8.76 Å². The maximum Gasteiger partial charge on any atom is 0.0251 e. The van der Waals surface area contributed by atoms with Crippen molar-refractivity contribution in [2.75, 3.05) is 0 Å². The van der Waals surface area contributed by atoms with Crippen molar-refractivity contribution in [3.63, 3.8) is 0 Å². The molecule has 0 bridgehead atoms. The van der Waals surface area contributed by atoms with Gasteiger partial charge >= 0.3 is 0 Å². The molecular formula is C13H19O2S-. The highest BCUT2D eigenvalue weighted by molar-refractivity contribution is 7.79. The third-order valence-electron chi connectivity index (χ3n) is 3.01. The molecule has 0 spiro atoms. The number of rotatable bonds is 4. The molecule has 90 valence electrons. The van der Waals surface area contributed by atoms with Gasteiger partial charge in [-0.2, -0.15) is 0 Å². The Labute approximate surface area is 100 Å². The molecule has 3 heteroatoms. The summed E-state index contributed by atoms with van der Waals surface area (Å²) in [6, 6.07) is 5.34. The summed E-state index contributed by atoms with van der Waals surface area (Å²) in [6.07, 6.45) is 2.15. The molecule has 0 heterocycles. The van der Waals surface area contributed by atoms with Crippen molar-refractivity contribution in [2.24, 2.45) is 0 Å². The molecule has 0 radical (unpaired) electrons. The highest BCUT2D eigenvalue weighted by Gasteiger charge is 2.21. The molecule has 0 aromatic heterocycles. The minimum Gasteiger partial charge on any atom is -0.768 e. The number of aryl methyl sites for hydroxylation is 1. The van der Waals surface area contributed by atoms with Gasteiger partial charge in [0.1, 0.15) is 0 Å². The largest absolute Gasteiger partial charge is 0.768 e. The predicted molar refractivity (Wildman–Crippen MR) is 66.3 cm³/mol. The Hall–Kier alpha value is -0.670. The van der Waals surface area contributed by atoms with Crippen molar-refractivity contribution in [1.82, 2.24) is 0 Å². The molecule has 16 heavy (non-hydrogen) atoms. The average molecular weight is 239 g/mol. The zero-order chi connectivity index (χ0) is 12.3. The van der Waals surface area contributed by atoms with E-state index < -0.39 is 11.1 Å². The molecule has 1 aromatic carbocycles. The summed E-state index contributed by atoms with van der Waals surface area (Å²) in [6.45, 7) is 8.50. The lowest BCUT2D eigenvalue weighted by molar-refractivity contribution is 0.469. The normalized spacial score (nSPS) is 13.8. The van der Waals surface area contributed by atoms with Crippen molar-refractivity contribution in [3.8, 4) is 0 Å². The quantitative estimate of drug-likeness (QED) is 0.756. The first kappa shape index (κ1) is 13.4. The maximum atomic E-state index is 10.9. The molecule has 0 saturated carbocycles. The molecule has 0 N–H and O–H groups in total. The zero-order valence-electron chi connectivity index (χ0n) is 10.4. The van der Waals surface area contributed by atoms with Gasteiger partial charge in [-0.3, -0.25) is 4.21 Å². The highest BCUT2D eigenvalue weighted by atomic mass is 32.2. The minimum atomic E-state index is -2.14. The number of hydrogen-bond donors (Lipinski definition) is 0. The van der Waals surface area contributed by atoms with Crippen LogP contribution in [0.15, 0.2) is 23.1 Å². The molecule has 2 nitrogen and oxygen atoms in total. The van der Waals surface area contributed by atoms with E-state index in [1.807, 2.05) is 13.0 Å². The third kappa shape index (κ3) is 2.92. The molecule has 0 fully saturated rings. The second-order valence-corrected chi connectivity index (χ2v) is 5.79. The van der Waals surface area contributed by atoms with Crippen molar-refractivity contribution in [1.29, 1.82) is 0 Å². The zero-order valence-corrected chi connectivity index (χ0v) is 11.2. The lowest BCUT2D eigenvalue weighted by atomic mass is 9.79. The molecule has 0 aliphatic rings. The molecule has 1 rings (SSSR count). The first-order chi connectivity index (χ1) is 7.38. The summed E-state index contributed by atoms with van der Waals surface area (Å²) in [5, 5.41) is 0. The number of benzene rings is 1. The Morgan fingerprint density at radius 1 is 1.38 bits per heavy atom. The Bertz CT molecular complexity index is 397. The molecule has 0 amide bonds. The minimum absolute atomic E-state index is 0.0359. The monoisotopic (exact) mass is 239 g/mol. The van der Waals surface area contributed by atoms with Crippen LogP contribution in [0.4, 0.5) is 0 Å². The van der Waals surface area contributed by atoms with Gasteiger partial charge in [0, 0.05) is 4.90 Å². The summed E-state index contributed by atoms with van der Waals surface area (Å²) in [4.78, 5) is 0.379. The van der Waals surface area contributed by atoms with Crippen LogP contribution in [-0.4, -0.2) is 8.76 Å². The average Bonchev–Trinajstić information content (AvgIpc) is 2.17. The fraction of sp³-hybridized carbons (Fsp3) is 0.538.